The third-order valence-electron chi connectivity index (χ3n) is 3.61. The van der Waals surface area contributed by atoms with E-state index in [2.05, 4.69) is 10.2 Å². The van der Waals surface area contributed by atoms with Gasteiger partial charge in [-0.1, -0.05) is 30.0 Å². The zero-order valence-corrected chi connectivity index (χ0v) is 15.9. The Hall–Kier alpha value is -2.68. The van der Waals surface area contributed by atoms with Crippen molar-refractivity contribution in [1.29, 1.82) is 0 Å². The predicted molar refractivity (Wildman–Crippen MR) is 104 cm³/mol. The number of esters is 1. The van der Waals surface area contributed by atoms with Crippen molar-refractivity contribution < 1.29 is 24.2 Å². The molecule has 1 N–H and O–H groups in total. The Bertz CT molecular complexity index is 764. The maximum Gasteiger partial charge on any atom is 0.306 e. The van der Waals surface area contributed by atoms with E-state index in [1.54, 1.807) is 38.1 Å². The minimum atomic E-state index is -1.05. The highest BCUT2D eigenvalue weighted by molar-refractivity contribution is 8.16. The Morgan fingerprint density at radius 3 is 2.59 bits per heavy atom. The standard InChI is InChI=1S/C18H21N3O5S/c1-3-26-16(24)10-9-12(2)19-20-18-21(13-7-5-4-6-8-13)17(25)14(27-18)11-15(22)23/h4-8,14H,3,9-11H2,1-2H3,(H,22,23). The molecular formula is C18H21N3O5S. The summed E-state index contributed by atoms with van der Waals surface area (Å²) >= 11 is 1.07. The predicted octanol–water partition coefficient (Wildman–Crippen LogP) is 2.68. The molecule has 2 rings (SSSR count). The van der Waals surface area contributed by atoms with Gasteiger partial charge in [-0.15, -0.1) is 5.10 Å². The summed E-state index contributed by atoms with van der Waals surface area (Å²) in [5.74, 6) is -1.70. The fourth-order valence-electron chi connectivity index (χ4n) is 2.33. The Morgan fingerprint density at radius 1 is 1.26 bits per heavy atom. The van der Waals surface area contributed by atoms with Crippen LogP contribution in [0, 0.1) is 0 Å². The number of rotatable bonds is 8. The third-order valence-corrected chi connectivity index (χ3v) is 4.74. The van der Waals surface area contributed by atoms with Crippen LogP contribution in [0.4, 0.5) is 5.69 Å². The average molecular weight is 391 g/mol. The lowest BCUT2D eigenvalue weighted by Crippen LogP contribution is -2.32. The molecule has 144 valence electrons. The second-order valence-electron chi connectivity index (χ2n) is 5.74. The number of anilines is 1. The number of thioether (sulfide) groups is 1. The second-order valence-corrected chi connectivity index (χ2v) is 6.91. The lowest BCUT2D eigenvalue weighted by atomic mass is 10.2. The van der Waals surface area contributed by atoms with E-state index in [0.29, 0.717) is 29.6 Å². The molecule has 1 atom stereocenters. The summed E-state index contributed by atoms with van der Waals surface area (Å²) in [4.78, 5) is 36.4. The molecule has 0 radical (unpaired) electrons. The first-order valence-electron chi connectivity index (χ1n) is 8.46. The summed E-state index contributed by atoms with van der Waals surface area (Å²) in [5, 5.41) is 16.8. The Labute approximate surface area is 161 Å². The van der Waals surface area contributed by atoms with Crippen molar-refractivity contribution in [3.05, 3.63) is 30.3 Å². The lowest BCUT2D eigenvalue weighted by molar-refractivity contribution is -0.143. The highest BCUT2D eigenvalue weighted by atomic mass is 32.2. The smallest absolute Gasteiger partial charge is 0.306 e. The Kier molecular flexibility index (Phi) is 7.54. The van der Waals surface area contributed by atoms with Crippen LogP contribution >= 0.6 is 11.8 Å². The highest BCUT2D eigenvalue weighted by Gasteiger charge is 2.40. The maximum absolute atomic E-state index is 12.6. The molecule has 0 spiro atoms. The van der Waals surface area contributed by atoms with Gasteiger partial charge in [-0.3, -0.25) is 19.3 Å². The summed E-state index contributed by atoms with van der Waals surface area (Å²) in [6, 6.07) is 8.87. The third kappa shape index (κ3) is 5.92. The molecule has 1 unspecified atom stereocenters. The number of carboxylic acids is 1. The van der Waals surface area contributed by atoms with E-state index in [0.717, 1.165) is 11.8 Å². The van der Waals surface area contributed by atoms with Gasteiger partial charge >= 0.3 is 11.9 Å². The molecule has 9 heteroatoms. The molecule has 0 aliphatic carbocycles. The Balaban J connectivity index is 2.18. The van der Waals surface area contributed by atoms with E-state index in [1.807, 2.05) is 6.07 Å². The average Bonchev–Trinajstić information content (AvgIpc) is 2.94. The Morgan fingerprint density at radius 2 is 1.96 bits per heavy atom. The van der Waals surface area contributed by atoms with E-state index in [1.165, 1.54) is 4.90 Å². The summed E-state index contributed by atoms with van der Waals surface area (Å²) < 4.78 is 4.87. The van der Waals surface area contributed by atoms with Crippen molar-refractivity contribution in [2.75, 3.05) is 11.5 Å². The second kappa shape index (κ2) is 9.86. The van der Waals surface area contributed by atoms with Gasteiger partial charge in [-0.05, 0) is 32.4 Å². The van der Waals surface area contributed by atoms with Gasteiger partial charge in [0.05, 0.1) is 25.1 Å². The first kappa shape index (κ1) is 20.6. The van der Waals surface area contributed by atoms with E-state index in [4.69, 9.17) is 9.84 Å². The monoisotopic (exact) mass is 391 g/mol. The molecule has 1 amide bonds. The van der Waals surface area contributed by atoms with Crippen molar-refractivity contribution in [2.24, 2.45) is 10.2 Å². The highest BCUT2D eigenvalue weighted by Crippen LogP contribution is 2.33. The molecule has 1 aromatic carbocycles. The first-order valence-corrected chi connectivity index (χ1v) is 9.34. The fraction of sp³-hybridized carbons (Fsp3) is 0.389. The van der Waals surface area contributed by atoms with Gasteiger partial charge in [0.15, 0.2) is 5.17 Å². The number of hydrogen-bond donors (Lipinski definition) is 1. The van der Waals surface area contributed by atoms with Gasteiger partial charge in [0, 0.05) is 5.71 Å². The van der Waals surface area contributed by atoms with Crippen molar-refractivity contribution in [1.82, 2.24) is 0 Å². The van der Waals surface area contributed by atoms with Crippen molar-refractivity contribution in [3.8, 4) is 0 Å². The molecule has 1 aromatic rings. The van der Waals surface area contributed by atoms with Gasteiger partial charge in [0.25, 0.3) is 0 Å². The molecule has 0 saturated carbocycles. The van der Waals surface area contributed by atoms with E-state index >= 15 is 0 Å². The zero-order chi connectivity index (χ0) is 19.8. The normalized spacial score (nSPS) is 18.8. The SMILES string of the molecule is CCOC(=O)CCC(C)=NN=C1SC(CC(=O)O)C(=O)N1c1ccccc1. The topological polar surface area (TPSA) is 109 Å². The number of benzene rings is 1. The van der Waals surface area contributed by atoms with Crippen LogP contribution in [0.3, 0.4) is 0 Å². The molecule has 8 nitrogen and oxygen atoms in total. The van der Waals surface area contributed by atoms with Crippen LogP contribution in [-0.2, 0) is 19.1 Å². The number of amidine groups is 1. The molecule has 27 heavy (non-hydrogen) atoms. The summed E-state index contributed by atoms with van der Waals surface area (Å²) in [6.07, 6.45) is 0.291. The number of carboxylic acid groups (broad SMARTS) is 1. The van der Waals surface area contributed by atoms with E-state index in [9.17, 15) is 14.4 Å². The van der Waals surface area contributed by atoms with Crippen LogP contribution in [-0.4, -0.2) is 45.7 Å². The van der Waals surface area contributed by atoms with Crippen molar-refractivity contribution >= 4 is 46.2 Å². The number of amides is 1. The van der Waals surface area contributed by atoms with Crippen LogP contribution in [0.2, 0.25) is 0 Å². The summed E-state index contributed by atoms with van der Waals surface area (Å²) in [7, 11) is 0. The zero-order valence-electron chi connectivity index (χ0n) is 15.1. The molecule has 1 fully saturated rings. The summed E-state index contributed by atoms with van der Waals surface area (Å²) in [5.41, 5.74) is 1.21. The first-order chi connectivity index (χ1) is 12.9. The number of carbonyl (C=O) groups is 3. The van der Waals surface area contributed by atoms with Gasteiger partial charge in [-0.25, -0.2) is 0 Å². The minimum Gasteiger partial charge on any atom is -0.481 e. The van der Waals surface area contributed by atoms with Crippen LogP contribution in [0.15, 0.2) is 40.5 Å². The maximum atomic E-state index is 12.6. The van der Waals surface area contributed by atoms with Gasteiger partial charge in [0.1, 0.15) is 5.25 Å². The molecule has 1 heterocycles. The number of ether oxygens (including phenoxy) is 1. The van der Waals surface area contributed by atoms with Crippen molar-refractivity contribution in [3.63, 3.8) is 0 Å². The summed E-state index contributed by atoms with van der Waals surface area (Å²) in [6.45, 7) is 3.80. The van der Waals surface area contributed by atoms with Gasteiger partial charge < -0.3 is 9.84 Å². The molecule has 1 saturated heterocycles. The fourth-order valence-corrected chi connectivity index (χ4v) is 3.41. The van der Waals surface area contributed by atoms with E-state index < -0.39 is 11.2 Å². The molecule has 1 aliphatic rings. The van der Waals surface area contributed by atoms with Gasteiger partial charge in [-0.2, -0.15) is 5.10 Å². The largest absolute Gasteiger partial charge is 0.481 e. The minimum absolute atomic E-state index is 0.199. The lowest BCUT2D eigenvalue weighted by Gasteiger charge is -2.15. The number of para-hydroxylation sites is 1. The van der Waals surface area contributed by atoms with Gasteiger partial charge in [0.2, 0.25) is 5.91 Å². The van der Waals surface area contributed by atoms with Crippen molar-refractivity contribution in [2.45, 2.75) is 38.4 Å². The number of aliphatic carboxylic acids is 1. The number of carbonyl (C=O) groups excluding carboxylic acids is 2. The van der Waals surface area contributed by atoms with Crippen LogP contribution in [0.5, 0.6) is 0 Å². The van der Waals surface area contributed by atoms with Crippen LogP contribution in [0.1, 0.15) is 33.1 Å². The van der Waals surface area contributed by atoms with E-state index in [-0.39, 0.29) is 24.7 Å². The quantitative estimate of drug-likeness (QED) is 0.415. The molecule has 1 aliphatic heterocycles. The molecular weight excluding hydrogens is 370 g/mol. The van der Waals surface area contributed by atoms with Crippen LogP contribution in [0.25, 0.3) is 0 Å². The van der Waals surface area contributed by atoms with Crippen LogP contribution < -0.4 is 4.90 Å². The molecule has 0 aromatic heterocycles. The molecule has 0 bridgehead atoms. The number of nitrogens with zero attached hydrogens (tertiary/aromatic N) is 3. The number of hydrogen-bond acceptors (Lipinski definition) is 7.